The van der Waals surface area contributed by atoms with E-state index in [9.17, 15) is 9.59 Å². The van der Waals surface area contributed by atoms with Gasteiger partial charge in [0.2, 0.25) is 5.91 Å². The SMILES string of the molecule is CC[C@H](C)[C@H](NC(=O)CSCCOC)C(=O)OC(C)(C)C. The van der Waals surface area contributed by atoms with Gasteiger partial charge >= 0.3 is 5.97 Å². The zero-order valence-electron chi connectivity index (χ0n) is 14.0. The minimum Gasteiger partial charge on any atom is -0.458 e. The van der Waals surface area contributed by atoms with Gasteiger partial charge in [0, 0.05) is 12.9 Å². The molecule has 0 aromatic rings. The molecule has 0 aliphatic carbocycles. The molecule has 0 aliphatic heterocycles. The van der Waals surface area contributed by atoms with Crippen LogP contribution in [-0.2, 0) is 19.1 Å². The molecular formula is C15H29NO4S. The van der Waals surface area contributed by atoms with Gasteiger partial charge in [0.05, 0.1) is 12.4 Å². The highest BCUT2D eigenvalue weighted by molar-refractivity contribution is 7.99. The molecule has 1 amide bonds. The van der Waals surface area contributed by atoms with Crippen molar-refractivity contribution in [2.45, 2.75) is 52.7 Å². The summed E-state index contributed by atoms with van der Waals surface area (Å²) in [6.45, 7) is 10.00. The topological polar surface area (TPSA) is 64.6 Å². The third-order valence-electron chi connectivity index (χ3n) is 2.86. The standard InChI is InChI=1S/C15H29NO4S/c1-7-11(2)13(14(18)20-15(3,4)5)16-12(17)10-21-9-8-19-6/h11,13H,7-10H2,1-6H3,(H,16,17)/t11-,13-/m0/s1. The molecule has 0 rings (SSSR count). The van der Waals surface area contributed by atoms with E-state index in [1.165, 1.54) is 11.8 Å². The summed E-state index contributed by atoms with van der Waals surface area (Å²) in [5.74, 6) is 0.593. The fourth-order valence-corrected chi connectivity index (χ4v) is 2.25. The number of carbonyl (C=O) groups excluding carboxylic acids is 2. The fraction of sp³-hybridized carbons (Fsp3) is 0.867. The number of methoxy groups -OCH3 is 1. The van der Waals surface area contributed by atoms with Crippen LogP contribution in [0.15, 0.2) is 0 Å². The van der Waals surface area contributed by atoms with Crippen LogP contribution in [-0.4, -0.2) is 48.7 Å². The lowest BCUT2D eigenvalue weighted by Crippen LogP contribution is -2.48. The zero-order valence-corrected chi connectivity index (χ0v) is 14.8. The Kier molecular flexibility index (Phi) is 9.70. The average Bonchev–Trinajstić information content (AvgIpc) is 2.38. The lowest BCUT2D eigenvalue weighted by molar-refractivity contribution is -0.160. The molecule has 0 aliphatic rings. The Morgan fingerprint density at radius 2 is 1.90 bits per heavy atom. The number of amides is 1. The number of carbonyl (C=O) groups is 2. The van der Waals surface area contributed by atoms with Gasteiger partial charge in [0.25, 0.3) is 0 Å². The normalized spacial score (nSPS) is 14.4. The van der Waals surface area contributed by atoms with Crippen LogP contribution in [0, 0.1) is 5.92 Å². The van der Waals surface area contributed by atoms with Crippen molar-refractivity contribution >= 4 is 23.6 Å². The van der Waals surface area contributed by atoms with Gasteiger partial charge in [0.15, 0.2) is 0 Å². The van der Waals surface area contributed by atoms with E-state index in [1.807, 2.05) is 34.6 Å². The number of hydrogen-bond donors (Lipinski definition) is 1. The van der Waals surface area contributed by atoms with Crippen molar-refractivity contribution in [1.82, 2.24) is 5.32 Å². The van der Waals surface area contributed by atoms with E-state index in [-0.39, 0.29) is 17.8 Å². The summed E-state index contributed by atoms with van der Waals surface area (Å²) in [6, 6.07) is -0.593. The maximum absolute atomic E-state index is 12.2. The van der Waals surface area contributed by atoms with Gasteiger partial charge < -0.3 is 14.8 Å². The van der Waals surface area contributed by atoms with Gasteiger partial charge in [-0.25, -0.2) is 4.79 Å². The molecule has 0 bridgehead atoms. The predicted molar refractivity (Wildman–Crippen MR) is 86.4 cm³/mol. The van der Waals surface area contributed by atoms with E-state index < -0.39 is 11.6 Å². The van der Waals surface area contributed by atoms with E-state index in [1.54, 1.807) is 7.11 Å². The number of rotatable bonds is 9. The van der Waals surface area contributed by atoms with E-state index in [4.69, 9.17) is 9.47 Å². The van der Waals surface area contributed by atoms with Crippen LogP contribution >= 0.6 is 11.8 Å². The molecule has 0 radical (unpaired) electrons. The van der Waals surface area contributed by atoms with Crippen LogP contribution in [0.2, 0.25) is 0 Å². The summed E-state index contributed by atoms with van der Waals surface area (Å²) in [6.07, 6.45) is 0.793. The van der Waals surface area contributed by atoms with Crippen molar-refractivity contribution < 1.29 is 19.1 Å². The molecule has 124 valence electrons. The second-order valence-electron chi connectivity index (χ2n) is 6.01. The Labute approximate surface area is 132 Å². The van der Waals surface area contributed by atoms with Crippen molar-refractivity contribution in [1.29, 1.82) is 0 Å². The Morgan fingerprint density at radius 3 is 2.38 bits per heavy atom. The molecule has 6 heteroatoms. The van der Waals surface area contributed by atoms with Crippen molar-refractivity contribution in [2.75, 3.05) is 25.2 Å². The molecule has 0 saturated heterocycles. The Balaban J connectivity index is 4.49. The summed E-state index contributed by atoms with van der Waals surface area (Å²) in [5.41, 5.74) is -0.555. The Morgan fingerprint density at radius 1 is 1.29 bits per heavy atom. The lowest BCUT2D eigenvalue weighted by Gasteiger charge is -2.27. The minimum absolute atomic E-state index is 0.0350. The maximum atomic E-state index is 12.2. The average molecular weight is 319 g/mol. The molecule has 0 saturated carbocycles. The lowest BCUT2D eigenvalue weighted by atomic mass is 9.99. The summed E-state index contributed by atoms with van der Waals surface area (Å²) in [5, 5.41) is 2.79. The molecular weight excluding hydrogens is 290 g/mol. The van der Waals surface area contributed by atoms with Gasteiger partial charge in [-0.15, -0.1) is 11.8 Å². The first-order valence-electron chi connectivity index (χ1n) is 7.30. The predicted octanol–water partition coefficient (Wildman–Crippen LogP) is 2.24. The zero-order chi connectivity index (χ0) is 16.5. The van der Waals surface area contributed by atoms with E-state index >= 15 is 0 Å². The van der Waals surface area contributed by atoms with Gasteiger partial charge in [0.1, 0.15) is 11.6 Å². The van der Waals surface area contributed by atoms with E-state index in [0.29, 0.717) is 12.4 Å². The second kappa shape index (κ2) is 10.1. The molecule has 1 N–H and O–H groups in total. The first-order chi connectivity index (χ1) is 9.71. The van der Waals surface area contributed by atoms with Crippen molar-refractivity contribution in [3.63, 3.8) is 0 Å². The third-order valence-corrected chi connectivity index (χ3v) is 3.78. The number of esters is 1. The minimum atomic E-state index is -0.593. The Hall–Kier alpha value is -0.750. The maximum Gasteiger partial charge on any atom is 0.329 e. The smallest absolute Gasteiger partial charge is 0.329 e. The van der Waals surface area contributed by atoms with Gasteiger partial charge in [-0.05, 0) is 26.7 Å². The summed E-state index contributed by atoms with van der Waals surface area (Å²) in [4.78, 5) is 24.1. The quantitative estimate of drug-likeness (QED) is 0.521. The highest BCUT2D eigenvalue weighted by atomic mass is 32.2. The molecule has 0 aromatic carbocycles. The van der Waals surface area contributed by atoms with Gasteiger partial charge in [-0.2, -0.15) is 0 Å². The van der Waals surface area contributed by atoms with Crippen LogP contribution in [0.25, 0.3) is 0 Å². The summed E-state index contributed by atoms with van der Waals surface area (Å²) < 4.78 is 10.3. The van der Waals surface area contributed by atoms with E-state index in [2.05, 4.69) is 5.32 Å². The van der Waals surface area contributed by atoms with Crippen molar-refractivity contribution in [3.05, 3.63) is 0 Å². The van der Waals surface area contributed by atoms with Crippen LogP contribution in [0.3, 0.4) is 0 Å². The van der Waals surface area contributed by atoms with Crippen LogP contribution in [0.5, 0.6) is 0 Å². The summed E-state index contributed by atoms with van der Waals surface area (Å²) >= 11 is 1.48. The molecule has 21 heavy (non-hydrogen) atoms. The second-order valence-corrected chi connectivity index (χ2v) is 7.11. The number of hydrogen-bond acceptors (Lipinski definition) is 5. The highest BCUT2D eigenvalue weighted by Crippen LogP contribution is 2.15. The molecule has 5 nitrogen and oxygen atoms in total. The Bertz CT molecular complexity index is 328. The largest absolute Gasteiger partial charge is 0.458 e. The fourth-order valence-electron chi connectivity index (χ4n) is 1.56. The van der Waals surface area contributed by atoms with Crippen LogP contribution < -0.4 is 5.32 Å². The molecule has 0 unspecified atom stereocenters. The molecule has 0 heterocycles. The number of ether oxygens (including phenoxy) is 2. The molecule has 2 atom stereocenters. The van der Waals surface area contributed by atoms with Crippen molar-refractivity contribution in [3.8, 4) is 0 Å². The molecule has 0 aromatic heterocycles. The monoisotopic (exact) mass is 319 g/mol. The van der Waals surface area contributed by atoms with E-state index in [0.717, 1.165) is 12.2 Å². The van der Waals surface area contributed by atoms with Gasteiger partial charge in [-0.1, -0.05) is 20.3 Å². The van der Waals surface area contributed by atoms with Crippen molar-refractivity contribution in [2.24, 2.45) is 5.92 Å². The highest BCUT2D eigenvalue weighted by Gasteiger charge is 2.30. The van der Waals surface area contributed by atoms with Crippen LogP contribution in [0.4, 0.5) is 0 Å². The van der Waals surface area contributed by atoms with Gasteiger partial charge in [-0.3, -0.25) is 4.79 Å². The molecule has 0 fully saturated rings. The number of nitrogens with one attached hydrogen (secondary N) is 1. The first kappa shape index (κ1) is 20.2. The van der Waals surface area contributed by atoms with Crippen LogP contribution in [0.1, 0.15) is 41.0 Å². The third kappa shape index (κ3) is 9.74. The molecule has 0 spiro atoms. The number of thioether (sulfide) groups is 1. The summed E-state index contributed by atoms with van der Waals surface area (Å²) in [7, 11) is 1.63. The first-order valence-corrected chi connectivity index (χ1v) is 8.45.